The molecule has 0 unspecified atom stereocenters. The summed E-state index contributed by atoms with van der Waals surface area (Å²) in [5, 5.41) is 18.3. The maximum atomic E-state index is 13.6. The number of hydrogen-bond donors (Lipinski definition) is 3. The van der Waals surface area contributed by atoms with Crippen molar-refractivity contribution in [2.24, 2.45) is 0 Å². The number of benzene rings is 2. The Kier molecular flexibility index (Phi) is 9.43. The number of nitrogens with one attached hydrogen (secondary N) is 2. The molecule has 4 aromatic heterocycles. The predicted molar refractivity (Wildman–Crippen MR) is 202 cm³/mol. The van der Waals surface area contributed by atoms with E-state index in [4.69, 9.17) is 55.9 Å². The van der Waals surface area contributed by atoms with E-state index < -0.39 is 21.9 Å². The third-order valence-electron chi connectivity index (χ3n) is 8.33. The second kappa shape index (κ2) is 13.9. The number of aromatic nitrogens is 4. The number of amides is 2. The third-order valence-corrected chi connectivity index (χ3v) is 12.7. The van der Waals surface area contributed by atoms with Crippen LogP contribution >= 0.6 is 69.1 Å². The molecule has 0 saturated heterocycles. The molecule has 53 heavy (non-hydrogen) atoms. The Morgan fingerprint density at radius 3 is 1.83 bits per heavy atom. The van der Waals surface area contributed by atoms with Gasteiger partial charge in [0.15, 0.2) is 15.6 Å². The first-order valence-electron chi connectivity index (χ1n) is 15.5. The number of rotatable bonds is 9. The lowest BCUT2D eigenvalue weighted by Gasteiger charge is -2.17. The molecule has 2 aliphatic heterocycles. The molecule has 20 heteroatoms. The van der Waals surface area contributed by atoms with E-state index in [1.165, 1.54) is 28.2 Å². The first-order valence-corrected chi connectivity index (χ1v) is 20.2. The standard InChI is InChI=1S/C33H22Cl4N6O7S3/c34-15-2-4-21(19(36)10-15)42-28-17(13-49-23-6-9-51-30(23)28)26(40-42)32(44)38-7-1-8-39-33(45)27-18-14-50-24-12-25(53(46,47)48)52-31(24)29(18)43(41-27)22-5-3-16(35)11-20(22)37/h2-6,9-12H,1,7-8,13-14H2,(H,38,44)(H,39,45)(H,46,47,48). The average Bonchev–Trinajstić information content (AvgIpc) is 3.91. The number of carbonyl (C=O) groups excluding carboxylic acids is 2. The van der Waals surface area contributed by atoms with Gasteiger partial charge in [-0.1, -0.05) is 46.4 Å². The van der Waals surface area contributed by atoms with Crippen molar-refractivity contribution >= 4 is 91.0 Å². The Bertz CT molecular complexity index is 2600. The van der Waals surface area contributed by atoms with E-state index in [-0.39, 0.29) is 52.7 Å². The normalized spacial score (nSPS) is 12.9. The lowest BCUT2D eigenvalue weighted by atomic mass is 10.1. The van der Waals surface area contributed by atoms with Gasteiger partial charge in [-0.15, -0.1) is 22.7 Å². The van der Waals surface area contributed by atoms with E-state index in [0.29, 0.717) is 66.0 Å². The molecule has 0 fully saturated rings. The van der Waals surface area contributed by atoms with E-state index in [2.05, 4.69) is 20.8 Å². The van der Waals surface area contributed by atoms with Crippen LogP contribution in [0.25, 0.3) is 32.5 Å². The van der Waals surface area contributed by atoms with E-state index in [1.807, 2.05) is 11.4 Å². The molecule has 0 saturated carbocycles. The Balaban J connectivity index is 0.999. The molecule has 0 aliphatic carbocycles. The molecule has 272 valence electrons. The number of halogens is 4. The zero-order chi connectivity index (χ0) is 37.2. The second-order valence-corrected chi connectivity index (χ2v) is 17.0. The molecule has 2 amide bonds. The van der Waals surface area contributed by atoms with Crippen LogP contribution in [0.2, 0.25) is 20.1 Å². The minimum Gasteiger partial charge on any atom is -0.487 e. The fourth-order valence-corrected chi connectivity index (χ4v) is 9.64. The van der Waals surface area contributed by atoms with Crippen molar-refractivity contribution in [1.29, 1.82) is 0 Å². The van der Waals surface area contributed by atoms with Gasteiger partial charge in [-0.3, -0.25) is 14.1 Å². The van der Waals surface area contributed by atoms with Gasteiger partial charge >= 0.3 is 10.1 Å². The van der Waals surface area contributed by atoms with Crippen LogP contribution in [0.5, 0.6) is 11.5 Å². The van der Waals surface area contributed by atoms with Crippen LogP contribution in [0.4, 0.5) is 0 Å². The van der Waals surface area contributed by atoms with Gasteiger partial charge in [-0.05, 0) is 54.3 Å². The summed E-state index contributed by atoms with van der Waals surface area (Å²) in [6.45, 7) is 0.383. The molecular formula is C33H22Cl4N6O7S3. The van der Waals surface area contributed by atoms with Crippen molar-refractivity contribution in [2.45, 2.75) is 23.8 Å². The lowest BCUT2D eigenvalue weighted by molar-refractivity contribution is 0.0943. The maximum Gasteiger partial charge on any atom is 0.304 e. The minimum absolute atomic E-state index is 0.0217. The van der Waals surface area contributed by atoms with E-state index >= 15 is 0 Å². The average molecular weight is 853 g/mol. The summed E-state index contributed by atoms with van der Waals surface area (Å²) in [4.78, 5) is 28.2. The van der Waals surface area contributed by atoms with Gasteiger partial charge in [0.2, 0.25) is 0 Å². The number of hydrogen-bond acceptors (Lipinski definition) is 10. The van der Waals surface area contributed by atoms with Crippen LogP contribution in [-0.2, 0) is 23.3 Å². The zero-order valence-electron chi connectivity index (χ0n) is 26.7. The maximum absolute atomic E-state index is 13.6. The molecule has 3 N–H and O–H groups in total. The summed E-state index contributed by atoms with van der Waals surface area (Å²) in [5.41, 5.74) is 3.22. The Hall–Kier alpha value is -4.13. The van der Waals surface area contributed by atoms with Gasteiger partial charge in [-0.25, -0.2) is 9.36 Å². The van der Waals surface area contributed by atoms with Gasteiger partial charge < -0.3 is 20.1 Å². The number of thiophene rings is 2. The summed E-state index contributed by atoms with van der Waals surface area (Å²) in [5.74, 6) is -0.0784. The van der Waals surface area contributed by atoms with Gasteiger partial charge in [0, 0.05) is 40.3 Å². The zero-order valence-corrected chi connectivity index (χ0v) is 32.1. The van der Waals surface area contributed by atoms with E-state index in [0.717, 1.165) is 16.2 Å². The molecular weight excluding hydrogens is 830 g/mol. The number of fused-ring (bicyclic) bond motifs is 6. The highest BCUT2D eigenvalue weighted by Crippen LogP contribution is 2.48. The molecule has 6 heterocycles. The van der Waals surface area contributed by atoms with Crippen LogP contribution in [0, 0.1) is 0 Å². The summed E-state index contributed by atoms with van der Waals surface area (Å²) >= 11 is 27.6. The van der Waals surface area contributed by atoms with Gasteiger partial charge in [0.25, 0.3) is 11.8 Å². The SMILES string of the molecule is O=C(NCCCNC(=O)c1nn(-c2ccc(Cl)cc2Cl)c2c1COc1cc(S(=O)(=O)O)sc1-2)c1nn(-c2ccc(Cl)cc2Cl)c2c1COc1ccsc1-2. The first kappa shape index (κ1) is 35.9. The van der Waals surface area contributed by atoms with Crippen molar-refractivity contribution in [3.63, 3.8) is 0 Å². The van der Waals surface area contributed by atoms with Crippen molar-refractivity contribution in [2.75, 3.05) is 13.1 Å². The Morgan fingerprint density at radius 1 is 0.774 bits per heavy atom. The van der Waals surface area contributed by atoms with Crippen molar-refractivity contribution in [3.05, 3.63) is 96.5 Å². The van der Waals surface area contributed by atoms with Crippen LogP contribution in [0.15, 0.2) is 58.1 Å². The summed E-state index contributed by atoms with van der Waals surface area (Å²) in [6, 6.07) is 12.8. The monoisotopic (exact) mass is 850 g/mol. The van der Waals surface area contributed by atoms with Crippen molar-refractivity contribution in [3.8, 4) is 44.0 Å². The molecule has 0 radical (unpaired) electrons. The number of carbonyl (C=O) groups is 2. The second-order valence-electron chi connectivity index (χ2n) is 11.7. The highest BCUT2D eigenvalue weighted by Gasteiger charge is 2.35. The molecule has 6 aromatic rings. The molecule has 2 aliphatic rings. The molecule has 0 spiro atoms. The van der Waals surface area contributed by atoms with Gasteiger partial charge in [0.1, 0.15) is 24.7 Å². The van der Waals surface area contributed by atoms with Gasteiger partial charge in [-0.2, -0.15) is 18.6 Å². The summed E-state index contributed by atoms with van der Waals surface area (Å²) in [7, 11) is -4.54. The van der Waals surface area contributed by atoms with E-state index in [1.54, 1.807) is 35.0 Å². The summed E-state index contributed by atoms with van der Waals surface area (Å²) in [6.07, 6.45) is 0.351. The molecule has 0 atom stereocenters. The predicted octanol–water partition coefficient (Wildman–Crippen LogP) is 7.71. The van der Waals surface area contributed by atoms with Crippen LogP contribution in [0.1, 0.15) is 38.5 Å². The smallest absolute Gasteiger partial charge is 0.304 e. The minimum atomic E-state index is -4.54. The van der Waals surface area contributed by atoms with E-state index in [9.17, 15) is 22.6 Å². The lowest BCUT2D eigenvalue weighted by Crippen LogP contribution is -2.31. The Morgan fingerprint density at radius 2 is 1.30 bits per heavy atom. The quantitative estimate of drug-likeness (QED) is 0.0976. The highest BCUT2D eigenvalue weighted by atomic mass is 35.5. The fraction of sp³-hybridized carbons (Fsp3) is 0.152. The van der Waals surface area contributed by atoms with Crippen LogP contribution in [0.3, 0.4) is 0 Å². The van der Waals surface area contributed by atoms with Crippen LogP contribution in [-0.4, -0.2) is 57.4 Å². The van der Waals surface area contributed by atoms with Crippen LogP contribution < -0.4 is 20.1 Å². The number of ether oxygens (including phenoxy) is 2. The molecule has 2 aromatic carbocycles. The summed E-state index contributed by atoms with van der Waals surface area (Å²) < 4.78 is 48.0. The first-order chi connectivity index (χ1) is 25.4. The Labute approximate surface area is 328 Å². The number of nitrogens with zero attached hydrogens (tertiary/aromatic N) is 4. The molecule has 0 bridgehead atoms. The largest absolute Gasteiger partial charge is 0.487 e. The van der Waals surface area contributed by atoms with Crippen molar-refractivity contribution < 1.29 is 32.0 Å². The molecule has 8 rings (SSSR count). The fourth-order valence-electron chi connectivity index (χ4n) is 5.96. The highest BCUT2D eigenvalue weighted by molar-refractivity contribution is 7.88. The van der Waals surface area contributed by atoms with Gasteiger partial charge in [0.05, 0.1) is 42.6 Å². The topological polar surface area (TPSA) is 167 Å². The molecule has 13 nitrogen and oxygen atoms in total. The van der Waals surface area contributed by atoms with Crippen molar-refractivity contribution in [1.82, 2.24) is 30.2 Å². The third kappa shape index (κ3) is 6.56.